The number of carbonyl (C=O) groups excluding carboxylic acids is 2. The van der Waals surface area contributed by atoms with Gasteiger partial charge in [0.2, 0.25) is 5.91 Å². The molecule has 2 heterocycles. The van der Waals surface area contributed by atoms with Gasteiger partial charge in [-0.2, -0.15) is 0 Å². The predicted molar refractivity (Wildman–Crippen MR) is 92.3 cm³/mol. The molecule has 1 fully saturated rings. The highest BCUT2D eigenvalue weighted by atomic mass is 16.5. The molecule has 7 heteroatoms. The van der Waals surface area contributed by atoms with Gasteiger partial charge in [0.15, 0.2) is 0 Å². The average molecular weight is 343 g/mol. The van der Waals surface area contributed by atoms with Gasteiger partial charge in [0, 0.05) is 43.9 Å². The Kier molecular flexibility index (Phi) is 5.57. The third-order valence-corrected chi connectivity index (χ3v) is 4.14. The molecule has 1 atom stereocenters. The van der Waals surface area contributed by atoms with E-state index in [1.165, 1.54) is 0 Å². The van der Waals surface area contributed by atoms with Gasteiger partial charge in [-0.3, -0.25) is 14.6 Å². The van der Waals surface area contributed by atoms with Crippen molar-refractivity contribution in [3.05, 3.63) is 42.1 Å². The summed E-state index contributed by atoms with van der Waals surface area (Å²) < 4.78 is 10.5. The van der Waals surface area contributed by atoms with E-state index in [1.54, 1.807) is 24.3 Å². The Balaban J connectivity index is 1.56. The molecule has 7 nitrogen and oxygen atoms in total. The first-order chi connectivity index (χ1) is 12.2. The molecule has 2 amide bonds. The molecule has 0 radical (unpaired) electrons. The van der Waals surface area contributed by atoms with Gasteiger partial charge in [0.25, 0.3) is 5.91 Å². The number of carbonyl (C=O) groups is 2. The van der Waals surface area contributed by atoms with E-state index in [9.17, 15) is 9.59 Å². The van der Waals surface area contributed by atoms with Crippen LogP contribution < -0.4 is 5.32 Å². The van der Waals surface area contributed by atoms with Gasteiger partial charge in [-0.15, -0.1) is 0 Å². The smallest absolute Gasteiger partial charge is 0.251 e. The minimum atomic E-state index is -0.222. The molecule has 1 aromatic heterocycles. The van der Waals surface area contributed by atoms with E-state index in [1.807, 2.05) is 24.3 Å². The lowest BCUT2D eigenvalue weighted by atomic mass is 10.1. The van der Waals surface area contributed by atoms with Crippen LogP contribution >= 0.6 is 0 Å². The van der Waals surface area contributed by atoms with Crippen molar-refractivity contribution in [2.75, 3.05) is 40.0 Å². The van der Waals surface area contributed by atoms with Crippen LogP contribution in [0.15, 0.2) is 36.5 Å². The van der Waals surface area contributed by atoms with Crippen LogP contribution in [0.5, 0.6) is 0 Å². The third kappa shape index (κ3) is 4.32. The van der Waals surface area contributed by atoms with Gasteiger partial charge < -0.3 is 19.7 Å². The number of hydrogen-bond donors (Lipinski definition) is 1. The number of nitrogens with one attached hydrogen (secondary N) is 1. The Bertz CT molecular complexity index is 765. The number of ether oxygens (including phenoxy) is 2. The highest BCUT2D eigenvalue weighted by Gasteiger charge is 2.26. The lowest BCUT2D eigenvalue weighted by Gasteiger charge is -2.32. The van der Waals surface area contributed by atoms with Crippen molar-refractivity contribution in [2.24, 2.45) is 0 Å². The number of aromatic nitrogens is 1. The zero-order valence-corrected chi connectivity index (χ0v) is 14.1. The number of hydrogen-bond acceptors (Lipinski definition) is 5. The molecule has 0 saturated carbocycles. The Hall–Kier alpha value is -2.51. The second kappa shape index (κ2) is 8.04. The topological polar surface area (TPSA) is 80.8 Å². The van der Waals surface area contributed by atoms with Crippen molar-refractivity contribution >= 4 is 22.7 Å². The minimum Gasteiger partial charge on any atom is -0.383 e. The first-order valence-corrected chi connectivity index (χ1v) is 8.18. The van der Waals surface area contributed by atoms with E-state index >= 15 is 0 Å². The Morgan fingerprint density at radius 3 is 3.16 bits per heavy atom. The molecule has 1 N–H and O–H groups in total. The van der Waals surface area contributed by atoms with Crippen LogP contribution in [-0.4, -0.2) is 67.8 Å². The molecule has 3 rings (SSSR count). The van der Waals surface area contributed by atoms with E-state index in [0.29, 0.717) is 31.8 Å². The molecule has 1 saturated heterocycles. The average Bonchev–Trinajstić information content (AvgIpc) is 2.65. The van der Waals surface area contributed by atoms with Crippen molar-refractivity contribution < 1.29 is 19.1 Å². The van der Waals surface area contributed by atoms with E-state index in [2.05, 4.69) is 10.3 Å². The number of rotatable bonds is 6. The summed E-state index contributed by atoms with van der Waals surface area (Å²) in [6, 6.07) is 9.15. The fraction of sp³-hybridized carbons (Fsp3) is 0.389. The first kappa shape index (κ1) is 17.3. The SMILES string of the molecule is COCCN1CC(CNC(=O)c2ccc3ncccc3c2)OCC1=O. The van der Waals surface area contributed by atoms with E-state index in [0.717, 1.165) is 10.9 Å². The van der Waals surface area contributed by atoms with E-state index < -0.39 is 0 Å². The highest BCUT2D eigenvalue weighted by Crippen LogP contribution is 2.13. The molecule has 0 aliphatic carbocycles. The standard InChI is InChI=1S/C18H21N3O4/c1-24-8-7-21-11-15(25-12-17(21)22)10-20-18(23)14-4-5-16-13(9-14)3-2-6-19-16/h2-6,9,15H,7-8,10-12H2,1H3,(H,20,23). The monoisotopic (exact) mass is 343 g/mol. The van der Waals surface area contributed by atoms with Gasteiger partial charge in [0.1, 0.15) is 6.61 Å². The summed E-state index contributed by atoms with van der Waals surface area (Å²) in [5.74, 6) is -0.226. The van der Waals surface area contributed by atoms with Gasteiger partial charge in [0.05, 0.1) is 18.2 Å². The number of methoxy groups -OCH3 is 1. The molecule has 1 aliphatic heterocycles. The van der Waals surface area contributed by atoms with Crippen molar-refractivity contribution in [3.8, 4) is 0 Å². The Morgan fingerprint density at radius 2 is 2.32 bits per heavy atom. The molecule has 0 bridgehead atoms. The Labute approximate surface area is 145 Å². The largest absolute Gasteiger partial charge is 0.383 e. The summed E-state index contributed by atoms with van der Waals surface area (Å²) >= 11 is 0. The maximum absolute atomic E-state index is 12.4. The van der Waals surface area contributed by atoms with Crippen LogP contribution in [0.4, 0.5) is 0 Å². The van der Waals surface area contributed by atoms with Gasteiger partial charge in [-0.25, -0.2) is 0 Å². The fourth-order valence-corrected chi connectivity index (χ4v) is 2.75. The number of fused-ring (bicyclic) bond motifs is 1. The minimum absolute atomic E-state index is 0.0336. The highest BCUT2D eigenvalue weighted by molar-refractivity contribution is 5.97. The predicted octanol–water partition coefficient (Wildman–Crippen LogP) is 0.838. The summed E-state index contributed by atoms with van der Waals surface area (Å²) in [5, 5.41) is 3.79. The molecule has 2 aromatic rings. The number of benzene rings is 1. The maximum atomic E-state index is 12.4. The van der Waals surface area contributed by atoms with Crippen molar-refractivity contribution in [3.63, 3.8) is 0 Å². The number of nitrogens with zero attached hydrogens (tertiary/aromatic N) is 2. The summed E-state index contributed by atoms with van der Waals surface area (Å²) in [6.45, 7) is 1.84. The number of pyridine rings is 1. The van der Waals surface area contributed by atoms with Crippen molar-refractivity contribution in [2.45, 2.75) is 6.10 Å². The molecule has 25 heavy (non-hydrogen) atoms. The zero-order valence-electron chi connectivity index (χ0n) is 14.1. The molecule has 1 unspecified atom stereocenters. The van der Waals surface area contributed by atoms with E-state index in [4.69, 9.17) is 9.47 Å². The Morgan fingerprint density at radius 1 is 1.44 bits per heavy atom. The van der Waals surface area contributed by atoms with Crippen molar-refractivity contribution in [1.82, 2.24) is 15.2 Å². The first-order valence-electron chi connectivity index (χ1n) is 8.18. The lowest BCUT2D eigenvalue weighted by molar-refractivity contribution is -0.149. The molecule has 1 aromatic carbocycles. The van der Waals surface area contributed by atoms with Crippen molar-refractivity contribution in [1.29, 1.82) is 0 Å². The van der Waals surface area contributed by atoms with Crippen LogP contribution in [0.25, 0.3) is 10.9 Å². The number of morpholine rings is 1. The summed E-state index contributed by atoms with van der Waals surface area (Å²) in [5.41, 5.74) is 1.42. The molecule has 1 aliphatic rings. The van der Waals surface area contributed by atoms with Gasteiger partial charge in [-0.1, -0.05) is 6.07 Å². The third-order valence-electron chi connectivity index (χ3n) is 4.14. The lowest BCUT2D eigenvalue weighted by Crippen LogP contribution is -2.51. The zero-order chi connectivity index (χ0) is 17.6. The summed E-state index contributed by atoms with van der Waals surface area (Å²) in [7, 11) is 1.60. The molecular weight excluding hydrogens is 322 g/mol. The summed E-state index contributed by atoms with van der Waals surface area (Å²) in [4.78, 5) is 30.1. The molecule has 132 valence electrons. The van der Waals surface area contributed by atoms with Crippen LogP contribution in [0.3, 0.4) is 0 Å². The number of amides is 2. The summed E-state index contributed by atoms with van der Waals surface area (Å²) in [6.07, 6.45) is 1.50. The van der Waals surface area contributed by atoms with Gasteiger partial charge in [-0.05, 0) is 24.3 Å². The molecule has 0 spiro atoms. The quantitative estimate of drug-likeness (QED) is 0.841. The van der Waals surface area contributed by atoms with E-state index in [-0.39, 0.29) is 24.5 Å². The van der Waals surface area contributed by atoms with Gasteiger partial charge >= 0.3 is 0 Å². The second-order valence-electron chi connectivity index (χ2n) is 5.89. The van der Waals surface area contributed by atoms with Crippen LogP contribution in [0.2, 0.25) is 0 Å². The molecular formula is C18H21N3O4. The maximum Gasteiger partial charge on any atom is 0.251 e. The van der Waals surface area contributed by atoms with Crippen LogP contribution in [0.1, 0.15) is 10.4 Å². The second-order valence-corrected chi connectivity index (χ2v) is 5.89. The fourth-order valence-electron chi connectivity index (χ4n) is 2.75. The van der Waals surface area contributed by atoms with Crippen LogP contribution in [0, 0.1) is 0 Å². The van der Waals surface area contributed by atoms with Crippen LogP contribution in [-0.2, 0) is 14.3 Å². The normalized spacial score (nSPS) is 17.7.